The fourth-order valence-corrected chi connectivity index (χ4v) is 4.76. The van der Waals surface area contributed by atoms with Crippen molar-refractivity contribution in [3.63, 3.8) is 0 Å². The molecule has 0 saturated carbocycles. The van der Waals surface area contributed by atoms with E-state index in [1.54, 1.807) is 0 Å². The molecule has 1 amide bonds. The number of carbonyl (C=O) groups excluding carboxylic acids is 1. The molecule has 25 heavy (non-hydrogen) atoms. The number of rotatable bonds is 6. The quantitative estimate of drug-likeness (QED) is 0.457. The van der Waals surface area contributed by atoms with Gasteiger partial charge in [-0.15, -0.1) is 11.3 Å². The average molecular weight is 378 g/mol. The smallest absolute Gasteiger partial charge is 0.260 e. The van der Waals surface area contributed by atoms with Crippen molar-refractivity contribution in [1.82, 2.24) is 15.3 Å². The summed E-state index contributed by atoms with van der Waals surface area (Å²) in [6.45, 7) is 4.60. The van der Waals surface area contributed by atoms with Gasteiger partial charge in [0.2, 0.25) is 5.91 Å². The maximum Gasteiger partial charge on any atom is 0.260 e. The molecule has 1 aliphatic rings. The number of nitrogens with zero attached hydrogens (tertiary/aromatic N) is 1. The Labute approximate surface area is 155 Å². The van der Waals surface area contributed by atoms with E-state index < -0.39 is 0 Å². The summed E-state index contributed by atoms with van der Waals surface area (Å²) in [6, 6.07) is 0. The summed E-state index contributed by atoms with van der Waals surface area (Å²) in [5.74, 6) is 0.235. The SMILES string of the molecule is Cc1sc2nc(SCC(=O)NCCC3=CCCCC3)[nH]c(=O)c2c1C. The molecule has 0 radical (unpaired) electrons. The largest absolute Gasteiger partial charge is 0.355 e. The number of allylic oxidation sites excluding steroid dienone is 1. The number of amides is 1. The number of aryl methyl sites for hydroxylation is 2. The van der Waals surface area contributed by atoms with Crippen molar-refractivity contribution in [3.05, 3.63) is 32.4 Å². The van der Waals surface area contributed by atoms with E-state index in [0.29, 0.717) is 17.1 Å². The lowest BCUT2D eigenvalue weighted by Crippen LogP contribution is -2.26. The molecular formula is C18H23N3O2S2. The summed E-state index contributed by atoms with van der Waals surface area (Å²) in [6.07, 6.45) is 8.12. The topological polar surface area (TPSA) is 74.8 Å². The Bertz CT molecular complexity index is 867. The molecule has 0 atom stereocenters. The van der Waals surface area contributed by atoms with Crippen LogP contribution in [0.2, 0.25) is 0 Å². The van der Waals surface area contributed by atoms with Crippen molar-refractivity contribution in [2.75, 3.05) is 12.3 Å². The van der Waals surface area contributed by atoms with E-state index in [2.05, 4.69) is 21.4 Å². The molecule has 2 aromatic rings. The number of thiophene rings is 1. The van der Waals surface area contributed by atoms with E-state index in [0.717, 1.165) is 28.1 Å². The van der Waals surface area contributed by atoms with E-state index in [-0.39, 0.29) is 17.2 Å². The van der Waals surface area contributed by atoms with Crippen LogP contribution in [0.25, 0.3) is 10.2 Å². The summed E-state index contributed by atoms with van der Waals surface area (Å²) in [5, 5.41) is 4.11. The molecule has 2 heterocycles. The second-order valence-corrected chi connectivity index (χ2v) is 8.50. The molecule has 0 bridgehead atoms. The number of fused-ring (bicyclic) bond motifs is 1. The van der Waals surface area contributed by atoms with Gasteiger partial charge in [-0.3, -0.25) is 9.59 Å². The molecule has 1 aliphatic carbocycles. The van der Waals surface area contributed by atoms with Gasteiger partial charge in [-0.25, -0.2) is 4.98 Å². The Kier molecular flexibility index (Phi) is 5.96. The zero-order valence-corrected chi connectivity index (χ0v) is 16.2. The van der Waals surface area contributed by atoms with Crippen molar-refractivity contribution in [2.24, 2.45) is 0 Å². The molecule has 0 fully saturated rings. The number of nitrogens with one attached hydrogen (secondary N) is 2. The summed E-state index contributed by atoms with van der Waals surface area (Å²) >= 11 is 2.79. The minimum atomic E-state index is -0.126. The van der Waals surface area contributed by atoms with Crippen molar-refractivity contribution in [2.45, 2.75) is 51.1 Å². The van der Waals surface area contributed by atoms with Crippen LogP contribution in [0.4, 0.5) is 0 Å². The fraction of sp³-hybridized carbons (Fsp3) is 0.500. The van der Waals surface area contributed by atoms with Crippen molar-refractivity contribution in [3.8, 4) is 0 Å². The van der Waals surface area contributed by atoms with E-state index >= 15 is 0 Å². The van der Waals surface area contributed by atoms with Crippen LogP contribution in [0.5, 0.6) is 0 Å². The highest BCUT2D eigenvalue weighted by Gasteiger charge is 2.13. The van der Waals surface area contributed by atoms with E-state index in [1.165, 1.54) is 47.9 Å². The van der Waals surface area contributed by atoms with E-state index in [9.17, 15) is 9.59 Å². The Morgan fingerprint density at radius 3 is 3.00 bits per heavy atom. The first-order valence-corrected chi connectivity index (χ1v) is 10.4. The maximum atomic E-state index is 12.2. The number of H-pyrrole nitrogens is 1. The van der Waals surface area contributed by atoms with Crippen LogP contribution in [0.15, 0.2) is 21.6 Å². The zero-order valence-electron chi connectivity index (χ0n) is 14.6. The molecule has 5 nitrogen and oxygen atoms in total. The minimum Gasteiger partial charge on any atom is -0.355 e. The van der Waals surface area contributed by atoms with Crippen LogP contribution in [0.3, 0.4) is 0 Å². The number of aromatic nitrogens is 2. The van der Waals surface area contributed by atoms with Gasteiger partial charge in [0.25, 0.3) is 5.56 Å². The molecule has 2 N–H and O–H groups in total. The Morgan fingerprint density at radius 2 is 2.24 bits per heavy atom. The zero-order chi connectivity index (χ0) is 17.8. The maximum absolute atomic E-state index is 12.2. The summed E-state index contributed by atoms with van der Waals surface area (Å²) in [7, 11) is 0. The van der Waals surface area contributed by atoms with Gasteiger partial charge in [0, 0.05) is 11.4 Å². The van der Waals surface area contributed by atoms with Gasteiger partial charge >= 0.3 is 0 Å². The predicted octanol–water partition coefficient (Wildman–Crippen LogP) is 3.70. The number of carbonyl (C=O) groups is 1. The minimum absolute atomic E-state index is 0.0253. The standard InChI is InChI=1S/C18H23N3O2S2/c1-11-12(2)25-17-15(11)16(23)20-18(21-17)24-10-14(22)19-9-8-13-6-4-3-5-7-13/h6H,3-5,7-10H2,1-2H3,(H,19,22)(H,20,21,23). The monoisotopic (exact) mass is 377 g/mol. The molecule has 0 unspecified atom stereocenters. The van der Waals surface area contributed by atoms with E-state index in [1.807, 2.05) is 13.8 Å². The second kappa shape index (κ2) is 8.19. The predicted molar refractivity (Wildman–Crippen MR) is 105 cm³/mol. The fourth-order valence-electron chi connectivity index (χ4n) is 2.98. The van der Waals surface area contributed by atoms with Crippen LogP contribution in [-0.4, -0.2) is 28.2 Å². The van der Waals surface area contributed by atoms with Gasteiger partial charge in [0.15, 0.2) is 5.16 Å². The van der Waals surface area contributed by atoms with Gasteiger partial charge < -0.3 is 10.3 Å². The van der Waals surface area contributed by atoms with Gasteiger partial charge in [0.05, 0.1) is 11.1 Å². The number of hydrogen-bond acceptors (Lipinski definition) is 5. The molecule has 0 aromatic carbocycles. The highest BCUT2D eigenvalue weighted by molar-refractivity contribution is 7.99. The molecule has 0 aliphatic heterocycles. The third-order valence-corrected chi connectivity index (χ3v) is 6.49. The van der Waals surface area contributed by atoms with Crippen LogP contribution in [0, 0.1) is 13.8 Å². The Hall–Kier alpha value is -1.60. The third kappa shape index (κ3) is 4.52. The highest BCUT2D eigenvalue weighted by Crippen LogP contribution is 2.27. The number of aromatic amines is 1. The van der Waals surface area contributed by atoms with Gasteiger partial charge in [-0.1, -0.05) is 23.4 Å². The summed E-state index contributed by atoms with van der Waals surface area (Å²) < 4.78 is 0. The first-order chi connectivity index (χ1) is 12.0. The second-order valence-electron chi connectivity index (χ2n) is 6.33. The molecule has 7 heteroatoms. The molecule has 0 spiro atoms. The van der Waals surface area contributed by atoms with Crippen molar-refractivity contribution >= 4 is 39.2 Å². The van der Waals surface area contributed by atoms with Crippen molar-refractivity contribution < 1.29 is 4.79 Å². The molecule has 0 saturated heterocycles. The molecule has 2 aromatic heterocycles. The van der Waals surface area contributed by atoms with Crippen molar-refractivity contribution in [1.29, 1.82) is 0 Å². The van der Waals surface area contributed by atoms with Crippen LogP contribution in [-0.2, 0) is 4.79 Å². The lowest BCUT2D eigenvalue weighted by molar-refractivity contribution is -0.118. The van der Waals surface area contributed by atoms with Gasteiger partial charge in [-0.2, -0.15) is 0 Å². The Balaban J connectivity index is 1.52. The Morgan fingerprint density at radius 1 is 1.40 bits per heavy atom. The van der Waals surface area contributed by atoms with Gasteiger partial charge in [0.1, 0.15) is 4.83 Å². The number of thioether (sulfide) groups is 1. The van der Waals surface area contributed by atoms with Crippen LogP contribution in [0.1, 0.15) is 42.5 Å². The highest BCUT2D eigenvalue weighted by atomic mass is 32.2. The molecular weight excluding hydrogens is 354 g/mol. The molecule has 134 valence electrons. The first kappa shape index (κ1) is 18.2. The van der Waals surface area contributed by atoms with Crippen LogP contribution < -0.4 is 10.9 Å². The average Bonchev–Trinajstić information content (AvgIpc) is 2.88. The number of hydrogen-bond donors (Lipinski definition) is 2. The third-order valence-electron chi connectivity index (χ3n) is 4.51. The summed E-state index contributed by atoms with van der Waals surface area (Å²) in [5.41, 5.74) is 2.32. The molecule has 3 rings (SSSR count). The lowest BCUT2D eigenvalue weighted by Gasteiger charge is -2.12. The summed E-state index contributed by atoms with van der Waals surface area (Å²) in [4.78, 5) is 33.3. The lowest BCUT2D eigenvalue weighted by atomic mass is 9.97. The van der Waals surface area contributed by atoms with Crippen LogP contribution >= 0.6 is 23.1 Å². The normalized spacial score (nSPS) is 14.6. The first-order valence-electron chi connectivity index (χ1n) is 8.62. The van der Waals surface area contributed by atoms with E-state index in [4.69, 9.17) is 0 Å². The van der Waals surface area contributed by atoms with Gasteiger partial charge in [-0.05, 0) is 51.5 Å².